The number of nitrogens with one attached hydrogen (secondary N) is 1. The van der Waals surface area contributed by atoms with E-state index in [9.17, 15) is 13.5 Å². The number of benzene rings is 2. The molecule has 7 heteroatoms. The number of sulfonamides is 1. The van der Waals surface area contributed by atoms with Gasteiger partial charge in [-0.2, -0.15) is 13.5 Å². The summed E-state index contributed by atoms with van der Waals surface area (Å²) in [5, 5.41) is 13.5. The van der Waals surface area contributed by atoms with Crippen LogP contribution in [0.1, 0.15) is 44.2 Å². The second kappa shape index (κ2) is 8.71. The third-order valence-electron chi connectivity index (χ3n) is 4.04. The molecule has 0 bridgehead atoms. The smallest absolute Gasteiger partial charge is 0.276 e. The van der Waals surface area contributed by atoms with E-state index in [2.05, 4.69) is 23.8 Å². The Morgan fingerprint density at radius 3 is 2.50 bits per heavy atom. The molecule has 2 aromatic rings. The van der Waals surface area contributed by atoms with E-state index in [1.807, 2.05) is 12.1 Å². The van der Waals surface area contributed by atoms with E-state index in [0.717, 1.165) is 12.0 Å². The van der Waals surface area contributed by atoms with Gasteiger partial charge in [0.15, 0.2) is 11.5 Å². The molecule has 140 valence electrons. The number of phenolic OH excluding ortho intramolecular Hbond substituents is 1. The van der Waals surface area contributed by atoms with Crippen molar-refractivity contribution >= 4 is 16.2 Å². The molecular weight excluding hydrogens is 352 g/mol. The van der Waals surface area contributed by atoms with Crippen LogP contribution in [0.5, 0.6) is 11.5 Å². The van der Waals surface area contributed by atoms with Crippen molar-refractivity contribution in [3.05, 3.63) is 53.6 Å². The first kappa shape index (κ1) is 19.8. The van der Waals surface area contributed by atoms with E-state index in [1.165, 1.54) is 12.3 Å². The molecule has 0 heterocycles. The predicted octanol–water partition coefficient (Wildman–Crippen LogP) is 3.62. The second-order valence-electron chi connectivity index (χ2n) is 5.89. The third-order valence-corrected chi connectivity index (χ3v) is 5.28. The zero-order valence-corrected chi connectivity index (χ0v) is 16.0. The highest BCUT2D eigenvalue weighted by molar-refractivity contribution is 7.89. The highest BCUT2D eigenvalue weighted by Crippen LogP contribution is 2.26. The minimum absolute atomic E-state index is 0.0194. The van der Waals surface area contributed by atoms with Crippen molar-refractivity contribution < 1.29 is 18.3 Å². The maximum atomic E-state index is 12.3. The lowest BCUT2D eigenvalue weighted by atomic mass is 9.99. The molecule has 2 N–H and O–H groups in total. The number of hydrogen-bond donors (Lipinski definition) is 2. The number of phenols is 1. The predicted molar refractivity (Wildman–Crippen MR) is 102 cm³/mol. The standard InChI is InChI=1S/C19H24N2O4S/c1-4-14(3)16-7-9-17(10-8-16)26(23,24)21-20-13-15-6-11-18(22)19(12-15)25-5-2/h6-14,21-22H,4-5H2,1-3H3/b20-13+. The highest BCUT2D eigenvalue weighted by atomic mass is 32.2. The number of hydrogen-bond acceptors (Lipinski definition) is 5. The van der Waals surface area contributed by atoms with Gasteiger partial charge in [0.1, 0.15) is 0 Å². The first-order valence-electron chi connectivity index (χ1n) is 8.48. The molecule has 1 unspecified atom stereocenters. The number of nitrogens with zero attached hydrogens (tertiary/aromatic N) is 1. The van der Waals surface area contributed by atoms with Gasteiger partial charge in [-0.15, -0.1) is 0 Å². The Balaban J connectivity index is 2.10. The molecule has 26 heavy (non-hydrogen) atoms. The van der Waals surface area contributed by atoms with Crippen molar-refractivity contribution in [2.45, 2.75) is 38.0 Å². The summed E-state index contributed by atoms with van der Waals surface area (Å²) in [6.07, 6.45) is 2.35. The average Bonchev–Trinajstić information content (AvgIpc) is 2.64. The summed E-state index contributed by atoms with van der Waals surface area (Å²) >= 11 is 0. The molecule has 0 aromatic heterocycles. The molecule has 0 aliphatic heterocycles. The first-order chi connectivity index (χ1) is 12.4. The summed E-state index contributed by atoms with van der Waals surface area (Å²) in [6, 6.07) is 11.4. The van der Waals surface area contributed by atoms with Crippen molar-refractivity contribution in [3.8, 4) is 11.5 Å². The fourth-order valence-electron chi connectivity index (χ4n) is 2.32. The van der Waals surface area contributed by atoms with Gasteiger partial charge in [0.25, 0.3) is 10.0 Å². The van der Waals surface area contributed by atoms with E-state index in [0.29, 0.717) is 23.8 Å². The van der Waals surface area contributed by atoms with E-state index in [4.69, 9.17) is 4.74 Å². The minimum Gasteiger partial charge on any atom is -0.504 e. The molecule has 0 saturated heterocycles. The summed E-state index contributed by atoms with van der Waals surface area (Å²) in [5.41, 5.74) is 1.70. The van der Waals surface area contributed by atoms with Crippen molar-refractivity contribution in [2.24, 2.45) is 5.10 Å². The SMILES string of the molecule is CCOc1cc(/C=N/NS(=O)(=O)c2ccc(C(C)CC)cc2)ccc1O. The Bertz CT molecular complexity index is 862. The Morgan fingerprint density at radius 1 is 1.19 bits per heavy atom. The Kier molecular flexibility index (Phi) is 6.63. The van der Waals surface area contributed by atoms with Crippen molar-refractivity contribution in [1.29, 1.82) is 0 Å². The molecule has 0 spiro atoms. The first-order valence-corrected chi connectivity index (χ1v) is 9.96. The Labute approximate surface area is 154 Å². The van der Waals surface area contributed by atoms with Gasteiger partial charge in [-0.25, -0.2) is 4.83 Å². The lowest BCUT2D eigenvalue weighted by Crippen LogP contribution is -2.18. The summed E-state index contributed by atoms with van der Waals surface area (Å²) in [6.45, 7) is 6.40. The van der Waals surface area contributed by atoms with E-state index < -0.39 is 10.0 Å². The highest BCUT2D eigenvalue weighted by Gasteiger charge is 2.13. The zero-order valence-electron chi connectivity index (χ0n) is 15.1. The van der Waals surface area contributed by atoms with Crippen LogP contribution in [-0.4, -0.2) is 26.3 Å². The molecule has 0 saturated carbocycles. The lowest BCUT2D eigenvalue weighted by molar-refractivity contribution is 0.318. The normalized spacial score (nSPS) is 12.9. The molecule has 6 nitrogen and oxygen atoms in total. The monoisotopic (exact) mass is 376 g/mol. The number of ether oxygens (including phenoxy) is 1. The van der Waals surface area contributed by atoms with Gasteiger partial charge < -0.3 is 9.84 Å². The van der Waals surface area contributed by atoms with Crippen LogP contribution in [0.2, 0.25) is 0 Å². The molecule has 1 atom stereocenters. The van der Waals surface area contributed by atoms with Gasteiger partial charge in [-0.3, -0.25) is 0 Å². The van der Waals surface area contributed by atoms with Crippen LogP contribution in [0.3, 0.4) is 0 Å². The van der Waals surface area contributed by atoms with Crippen LogP contribution < -0.4 is 9.57 Å². The zero-order chi connectivity index (χ0) is 19.2. The lowest BCUT2D eigenvalue weighted by Gasteiger charge is -2.10. The topological polar surface area (TPSA) is 88.0 Å². The van der Waals surface area contributed by atoms with Gasteiger partial charge in [-0.05, 0) is 60.7 Å². The molecule has 0 fully saturated rings. The molecule has 2 aromatic carbocycles. The van der Waals surface area contributed by atoms with Crippen molar-refractivity contribution in [2.75, 3.05) is 6.61 Å². The quantitative estimate of drug-likeness (QED) is 0.544. The van der Waals surface area contributed by atoms with Gasteiger partial charge in [0, 0.05) is 0 Å². The third kappa shape index (κ3) is 4.98. The van der Waals surface area contributed by atoms with Crippen molar-refractivity contribution in [1.82, 2.24) is 4.83 Å². The van der Waals surface area contributed by atoms with Crippen LogP contribution >= 0.6 is 0 Å². The van der Waals surface area contributed by atoms with Crippen LogP contribution in [0.25, 0.3) is 0 Å². The maximum absolute atomic E-state index is 12.3. The molecular formula is C19H24N2O4S. The average molecular weight is 376 g/mol. The van der Waals surface area contributed by atoms with Crippen LogP contribution in [0.4, 0.5) is 0 Å². The van der Waals surface area contributed by atoms with Gasteiger partial charge >= 0.3 is 0 Å². The summed E-state index contributed by atoms with van der Waals surface area (Å²) < 4.78 is 29.9. The fourth-order valence-corrected chi connectivity index (χ4v) is 3.11. The summed E-state index contributed by atoms with van der Waals surface area (Å²) in [4.78, 5) is 2.35. The van der Waals surface area contributed by atoms with Crippen LogP contribution in [0, 0.1) is 0 Å². The van der Waals surface area contributed by atoms with E-state index in [-0.39, 0.29) is 10.6 Å². The summed E-state index contributed by atoms with van der Waals surface area (Å²) in [5.74, 6) is 0.720. The second-order valence-corrected chi connectivity index (χ2v) is 7.55. The molecule has 0 radical (unpaired) electrons. The minimum atomic E-state index is -3.74. The molecule has 0 aliphatic rings. The maximum Gasteiger partial charge on any atom is 0.276 e. The fraction of sp³-hybridized carbons (Fsp3) is 0.316. The Hall–Kier alpha value is -2.54. The number of rotatable bonds is 8. The molecule has 0 aliphatic carbocycles. The molecule has 0 amide bonds. The molecule has 2 rings (SSSR count). The van der Waals surface area contributed by atoms with Gasteiger partial charge in [0.2, 0.25) is 0 Å². The van der Waals surface area contributed by atoms with Gasteiger partial charge in [-0.1, -0.05) is 26.0 Å². The van der Waals surface area contributed by atoms with Crippen molar-refractivity contribution in [3.63, 3.8) is 0 Å². The largest absolute Gasteiger partial charge is 0.504 e. The van der Waals surface area contributed by atoms with E-state index >= 15 is 0 Å². The van der Waals surface area contributed by atoms with Crippen LogP contribution in [-0.2, 0) is 10.0 Å². The van der Waals surface area contributed by atoms with Gasteiger partial charge in [0.05, 0.1) is 17.7 Å². The number of hydrazone groups is 1. The summed E-state index contributed by atoms with van der Waals surface area (Å²) in [7, 11) is -3.74. The van der Waals surface area contributed by atoms with Crippen LogP contribution in [0.15, 0.2) is 52.5 Å². The number of aromatic hydroxyl groups is 1. The van der Waals surface area contributed by atoms with E-state index in [1.54, 1.807) is 31.2 Å². The Morgan fingerprint density at radius 2 is 1.88 bits per heavy atom.